The molecule has 1 aliphatic rings. The number of nitrogens with zero attached hydrogens (tertiary/aromatic N) is 4. The molecule has 0 N–H and O–H groups in total. The summed E-state index contributed by atoms with van der Waals surface area (Å²) in [5, 5.41) is 0. The lowest BCUT2D eigenvalue weighted by Gasteiger charge is -2.32. The van der Waals surface area contributed by atoms with Gasteiger partial charge in [0, 0.05) is 19.3 Å². The van der Waals surface area contributed by atoms with Gasteiger partial charge in [0.05, 0.1) is 36.1 Å². The fourth-order valence-corrected chi connectivity index (χ4v) is 4.97. The van der Waals surface area contributed by atoms with Crippen molar-refractivity contribution >= 4 is 16.9 Å². The summed E-state index contributed by atoms with van der Waals surface area (Å²) in [4.78, 5) is 32.4. The molecule has 2 aromatic heterocycles. The third-order valence-electron chi connectivity index (χ3n) is 6.71. The molecule has 1 saturated heterocycles. The highest BCUT2D eigenvalue weighted by Gasteiger charge is 2.29. The average Bonchev–Trinajstić information content (AvgIpc) is 3.23. The van der Waals surface area contributed by atoms with Crippen LogP contribution in [-0.4, -0.2) is 45.1 Å². The number of pyridine rings is 1. The van der Waals surface area contributed by atoms with Crippen molar-refractivity contribution in [3.63, 3.8) is 0 Å². The van der Waals surface area contributed by atoms with Gasteiger partial charge in [-0.1, -0.05) is 12.0 Å². The molecule has 4 aromatic rings. The van der Waals surface area contributed by atoms with Crippen molar-refractivity contribution in [3.05, 3.63) is 76.7 Å². The monoisotopic (exact) mass is 514 g/mol. The molecule has 0 aliphatic carbocycles. The maximum Gasteiger partial charge on any atom is 0.334 e. The molecule has 3 heterocycles. The Morgan fingerprint density at radius 3 is 2.63 bits per heavy atom. The molecular formula is C29H27FN4O4. The number of fused-ring (bicyclic) bond motifs is 1. The van der Waals surface area contributed by atoms with E-state index in [1.54, 1.807) is 63.7 Å². The van der Waals surface area contributed by atoms with E-state index in [4.69, 9.17) is 9.47 Å². The minimum absolute atomic E-state index is 0.0369. The van der Waals surface area contributed by atoms with E-state index in [1.165, 1.54) is 19.2 Å². The summed E-state index contributed by atoms with van der Waals surface area (Å²) in [5.74, 6) is 4.98. The molecule has 1 aliphatic heterocycles. The summed E-state index contributed by atoms with van der Waals surface area (Å²) in [7, 11) is 1.39. The topological polar surface area (TPSA) is 78.6 Å². The first-order chi connectivity index (χ1) is 18.4. The number of hydrogen-bond acceptors (Lipinski definition) is 5. The van der Waals surface area contributed by atoms with Gasteiger partial charge in [-0.05, 0) is 74.6 Å². The molecule has 0 spiro atoms. The number of hydrogen-bond donors (Lipinski definition) is 0. The summed E-state index contributed by atoms with van der Waals surface area (Å²) >= 11 is 0. The molecule has 5 rings (SSSR count). The lowest BCUT2D eigenvalue weighted by Crippen LogP contribution is -2.42. The number of methoxy groups -OCH3 is 1. The van der Waals surface area contributed by atoms with Gasteiger partial charge < -0.3 is 14.4 Å². The number of carbonyl (C=O) groups is 1. The molecule has 9 heteroatoms. The number of halogens is 1. The zero-order chi connectivity index (χ0) is 26.8. The Morgan fingerprint density at radius 1 is 1.13 bits per heavy atom. The molecule has 2 aromatic carbocycles. The molecule has 1 fully saturated rings. The number of rotatable bonds is 5. The minimum Gasteiger partial charge on any atom is -0.494 e. The number of likely N-dealkylation sites (tertiary alicyclic amines) is 1. The summed E-state index contributed by atoms with van der Waals surface area (Å²) in [6.45, 7) is 4.58. The van der Waals surface area contributed by atoms with Crippen molar-refractivity contribution < 1.29 is 18.7 Å². The highest BCUT2D eigenvalue weighted by atomic mass is 19.1. The number of ether oxygens (including phenoxy) is 2. The Labute approximate surface area is 219 Å². The molecule has 38 heavy (non-hydrogen) atoms. The van der Waals surface area contributed by atoms with Crippen LogP contribution in [0.2, 0.25) is 0 Å². The lowest BCUT2D eigenvalue weighted by atomic mass is 10.0. The van der Waals surface area contributed by atoms with Crippen LogP contribution in [0.1, 0.15) is 31.4 Å². The quantitative estimate of drug-likeness (QED) is 0.363. The summed E-state index contributed by atoms with van der Waals surface area (Å²) < 4.78 is 28.7. The maximum absolute atomic E-state index is 14.5. The van der Waals surface area contributed by atoms with Gasteiger partial charge in [0.25, 0.3) is 5.91 Å². The van der Waals surface area contributed by atoms with Crippen molar-refractivity contribution in [3.8, 4) is 34.8 Å². The SMILES string of the molecule is CC#CC(=O)N1CCC[C@@H](n2c(=O)n(-c3ccc(Oc4cccc(OC)c4F)cc3)c3cncc(C)c32)C1. The maximum atomic E-state index is 14.5. The summed E-state index contributed by atoms with van der Waals surface area (Å²) in [6, 6.07) is 11.3. The van der Waals surface area contributed by atoms with E-state index in [9.17, 15) is 14.0 Å². The lowest BCUT2D eigenvalue weighted by molar-refractivity contribution is -0.126. The van der Waals surface area contributed by atoms with Crippen LogP contribution in [0.5, 0.6) is 17.2 Å². The number of benzene rings is 2. The second kappa shape index (κ2) is 10.4. The van der Waals surface area contributed by atoms with E-state index in [0.29, 0.717) is 30.0 Å². The number of piperidine rings is 1. The van der Waals surface area contributed by atoms with E-state index >= 15 is 0 Å². The van der Waals surface area contributed by atoms with E-state index in [-0.39, 0.29) is 29.1 Å². The van der Waals surface area contributed by atoms with Crippen molar-refractivity contribution in [2.45, 2.75) is 32.7 Å². The third kappa shape index (κ3) is 4.50. The minimum atomic E-state index is -0.593. The smallest absolute Gasteiger partial charge is 0.334 e. The van der Waals surface area contributed by atoms with E-state index in [0.717, 1.165) is 23.9 Å². The van der Waals surface area contributed by atoms with Gasteiger partial charge in [-0.25, -0.2) is 4.79 Å². The molecule has 8 nitrogen and oxygen atoms in total. The summed E-state index contributed by atoms with van der Waals surface area (Å²) in [5.41, 5.74) is 2.71. The normalized spacial score (nSPS) is 15.2. The van der Waals surface area contributed by atoms with Gasteiger partial charge in [0.1, 0.15) is 5.75 Å². The fourth-order valence-electron chi connectivity index (χ4n) is 4.97. The zero-order valence-electron chi connectivity index (χ0n) is 21.4. The second-order valence-electron chi connectivity index (χ2n) is 9.10. The number of carbonyl (C=O) groups excluding carboxylic acids is 1. The third-order valence-corrected chi connectivity index (χ3v) is 6.71. The fraction of sp³-hybridized carbons (Fsp3) is 0.276. The first-order valence-electron chi connectivity index (χ1n) is 12.3. The molecule has 194 valence electrons. The van der Waals surface area contributed by atoms with Gasteiger partial charge in [-0.2, -0.15) is 4.39 Å². The number of amides is 1. The highest BCUT2D eigenvalue weighted by molar-refractivity contribution is 5.93. The highest BCUT2D eigenvalue weighted by Crippen LogP contribution is 2.32. The molecule has 0 bridgehead atoms. The van der Waals surface area contributed by atoms with E-state index in [2.05, 4.69) is 16.8 Å². The van der Waals surface area contributed by atoms with Gasteiger partial charge in [0.2, 0.25) is 5.82 Å². The molecular weight excluding hydrogens is 487 g/mol. The van der Waals surface area contributed by atoms with Crippen LogP contribution in [0.4, 0.5) is 4.39 Å². The molecule has 0 unspecified atom stereocenters. The van der Waals surface area contributed by atoms with E-state index < -0.39 is 5.82 Å². The van der Waals surface area contributed by atoms with Gasteiger partial charge >= 0.3 is 5.69 Å². The first-order valence-corrected chi connectivity index (χ1v) is 12.3. The van der Waals surface area contributed by atoms with Crippen molar-refractivity contribution in [1.29, 1.82) is 0 Å². The van der Waals surface area contributed by atoms with Crippen LogP contribution < -0.4 is 15.2 Å². The standard InChI is InChI=1S/C29H27FN4O4/c1-4-7-26(35)32-15-6-8-21(18-32)34-28-19(2)16-31-17-23(28)33(29(34)36)20-11-13-22(14-12-20)38-25-10-5-9-24(37-3)27(25)30/h5,9-14,16-17,21H,6,8,15,18H2,1-3H3/t21-/m1/s1. The first kappa shape index (κ1) is 25.1. The van der Waals surface area contributed by atoms with Crippen LogP contribution in [0, 0.1) is 24.6 Å². The van der Waals surface area contributed by atoms with Crippen molar-refractivity contribution in [1.82, 2.24) is 19.0 Å². The van der Waals surface area contributed by atoms with Crippen LogP contribution in [0.3, 0.4) is 0 Å². The van der Waals surface area contributed by atoms with Crippen LogP contribution in [0.25, 0.3) is 16.7 Å². The van der Waals surface area contributed by atoms with Crippen LogP contribution >= 0.6 is 0 Å². The van der Waals surface area contributed by atoms with Gasteiger partial charge in [0.15, 0.2) is 11.5 Å². The van der Waals surface area contributed by atoms with Crippen LogP contribution in [-0.2, 0) is 4.79 Å². The predicted molar refractivity (Wildman–Crippen MR) is 141 cm³/mol. The zero-order valence-corrected chi connectivity index (χ0v) is 21.4. The van der Waals surface area contributed by atoms with E-state index in [1.807, 2.05) is 6.92 Å². The van der Waals surface area contributed by atoms with Gasteiger partial charge in [-0.15, -0.1) is 0 Å². The predicted octanol–water partition coefficient (Wildman–Crippen LogP) is 4.62. The van der Waals surface area contributed by atoms with Gasteiger partial charge in [-0.3, -0.25) is 18.9 Å². The Kier molecular flexibility index (Phi) is 6.88. The molecule has 1 atom stereocenters. The Hall–Kier alpha value is -4.58. The van der Waals surface area contributed by atoms with Crippen molar-refractivity contribution in [2.75, 3.05) is 20.2 Å². The number of aromatic nitrogens is 3. The Balaban J connectivity index is 1.52. The summed E-state index contributed by atoms with van der Waals surface area (Å²) in [6.07, 6.45) is 4.95. The van der Waals surface area contributed by atoms with Crippen molar-refractivity contribution in [2.24, 2.45) is 0 Å². The Bertz CT molecular complexity index is 1630. The number of aryl methyl sites for hydroxylation is 1. The Morgan fingerprint density at radius 2 is 1.89 bits per heavy atom. The largest absolute Gasteiger partial charge is 0.494 e. The molecule has 1 amide bonds. The number of imidazole rings is 1. The second-order valence-corrected chi connectivity index (χ2v) is 9.10. The molecule has 0 radical (unpaired) electrons. The van der Waals surface area contributed by atoms with Crippen LogP contribution in [0.15, 0.2) is 59.7 Å². The molecule has 0 saturated carbocycles. The average molecular weight is 515 g/mol.